The molecule has 3 aliphatic heterocycles. The van der Waals surface area contributed by atoms with Crippen LogP contribution >= 0.6 is 11.8 Å². The van der Waals surface area contributed by atoms with Crippen molar-refractivity contribution in [3.05, 3.63) is 30.3 Å². The van der Waals surface area contributed by atoms with Crippen molar-refractivity contribution >= 4 is 35.2 Å². The molecule has 3 unspecified atom stereocenters. The average Bonchev–Trinajstić information content (AvgIpc) is 3.42. The maximum Gasteiger partial charge on any atom is 0.244 e. The van der Waals surface area contributed by atoms with Crippen molar-refractivity contribution in [3.8, 4) is 0 Å². The molecule has 0 radical (unpaired) electrons. The number of fused-ring (bicyclic) bond motifs is 1. The van der Waals surface area contributed by atoms with Gasteiger partial charge in [0.05, 0.1) is 29.2 Å². The fraction of sp³-hybridized carbons (Fsp3) is 0.710. The van der Waals surface area contributed by atoms with Gasteiger partial charge in [0.2, 0.25) is 17.7 Å². The number of aliphatic hydroxyl groups excluding tert-OH is 1. The minimum atomic E-state index is -0.750. The van der Waals surface area contributed by atoms with Crippen molar-refractivity contribution in [2.45, 2.75) is 102 Å². The Morgan fingerprint density at radius 1 is 1.15 bits per heavy atom. The number of amides is 3. The predicted octanol–water partition coefficient (Wildman–Crippen LogP) is 4.70. The molecule has 0 aliphatic carbocycles. The number of thioether (sulfide) groups is 1. The van der Waals surface area contributed by atoms with Crippen molar-refractivity contribution in [3.63, 3.8) is 0 Å². The van der Waals surface area contributed by atoms with Gasteiger partial charge in [0.1, 0.15) is 6.04 Å². The summed E-state index contributed by atoms with van der Waals surface area (Å²) in [6, 6.07) is 8.08. The quantitative estimate of drug-likeness (QED) is 0.409. The molecule has 39 heavy (non-hydrogen) atoms. The van der Waals surface area contributed by atoms with E-state index in [1.165, 1.54) is 0 Å². The first-order valence-corrected chi connectivity index (χ1v) is 15.3. The minimum absolute atomic E-state index is 0.00108. The van der Waals surface area contributed by atoms with Crippen LogP contribution in [0.3, 0.4) is 0 Å². The van der Waals surface area contributed by atoms with Crippen LogP contribution in [0.25, 0.3) is 0 Å². The zero-order valence-corrected chi connectivity index (χ0v) is 25.6. The van der Waals surface area contributed by atoms with Crippen LogP contribution in [-0.4, -0.2) is 62.0 Å². The zero-order chi connectivity index (χ0) is 28.9. The highest BCUT2D eigenvalue weighted by atomic mass is 32.2. The largest absolute Gasteiger partial charge is 0.394 e. The molecular formula is C31H47N3O4S. The lowest BCUT2D eigenvalue weighted by Crippen LogP contribution is -2.62. The van der Waals surface area contributed by atoms with Crippen LogP contribution in [0.5, 0.6) is 0 Å². The van der Waals surface area contributed by atoms with E-state index in [0.717, 1.165) is 19.3 Å². The molecule has 216 valence electrons. The maximum atomic E-state index is 14.5. The number of aliphatic hydroxyl groups is 1. The molecule has 3 saturated heterocycles. The molecule has 3 amide bonds. The van der Waals surface area contributed by atoms with Crippen LogP contribution in [0.1, 0.15) is 74.7 Å². The molecule has 3 aliphatic rings. The first kappa shape index (κ1) is 29.9. The first-order valence-electron chi connectivity index (χ1n) is 14.5. The minimum Gasteiger partial charge on any atom is -0.394 e. The first-order chi connectivity index (χ1) is 18.2. The van der Waals surface area contributed by atoms with E-state index >= 15 is 0 Å². The second kappa shape index (κ2) is 10.7. The second-order valence-corrected chi connectivity index (χ2v) is 15.4. The molecule has 8 atom stereocenters. The Kier molecular flexibility index (Phi) is 8.23. The number of carbonyl (C=O) groups is 3. The fourth-order valence-electron chi connectivity index (χ4n) is 7.75. The van der Waals surface area contributed by atoms with Crippen LogP contribution in [0.15, 0.2) is 30.3 Å². The number of rotatable bonds is 9. The lowest BCUT2D eigenvalue weighted by Gasteiger charge is -2.43. The molecule has 7 nitrogen and oxygen atoms in total. The van der Waals surface area contributed by atoms with Gasteiger partial charge < -0.3 is 20.6 Å². The summed E-state index contributed by atoms with van der Waals surface area (Å²) in [4.78, 5) is 44.3. The summed E-state index contributed by atoms with van der Waals surface area (Å²) >= 11 is 1.67. The third kappa shape index (κ3) is 5.35. The Morgan fingerprint density at radius 2 is 1.79 bits per heavy atom. The van der Waals surface area contributed by atoms with Crippen molar-refractivity contribution in [2.75, 3.05) is 11.9 Å². The number of carbonyl (C=O) groups excluding carboxylic acids is 3. The Hall–Kier alpha value is -2.06. The van der Waals surface area contributed by atoms with Gasteiger partial charge in [-0.25, -0.2) is 0 Å². The number of benzene rings is 1. The number of likely N-dealkylation sites (tertiary alicyclic amines) is 1. The lowest BCUT2D eigenvalue weighted by molar-refractivity contribution is -0.143. The molecule has 1 aromatic rings. The third-order valence-corrected chi connectivity index (χ3v) is 11.1. The van der Waals surface area contributed by atoms with E-state index < -0.39 is 34.2 Å². The van der Waals surface area contributed by atoms with Crippen molar-refractivity contribution in [2.24, 2.45) is 29.1 Å². The van der Waals surface area contributed by atoms with Gasteiger partial charge >= 0.3 is 0 Å². The van der Waals surface area contributed by atoms with Gasteiger partial charge in [0.25, 0.3) is 0 Å². The summed E-state index contributed by atoms with van der Waals surface area (Å²) < 4.78 is -0.719. The molecule has 3 fully saturated rings. The van der Waals surface area contributed by atoms with Crippen LogP contribution < -0.4 is 10.6 Å². The van der Waals surface area contributed by atoms with Crippen LogP contribution in [0.2, 0.25) is 0 Å². The third-order valence-electron chi connectivity index (χ3n) is 9.05. The fourth-order valence-corrected chi connectivity index (χ4v) is 10.2. The van der Waals surface area contributed by atoms with E-state index in [2.05, 4.69) is 38.3 Å². The predicted molar refractivity (Wildman–Crippen MR) is 157 cm³/mol. The van der Waals surface area contributed by atoms with E-state index in [9.17, 15) is 19.5 Å². The second-order valence-electron chi connectivity index (χ2n) is 13.9. The SMILES string of the molecule is CC[C@H](C)[C@H](CO)N1C(=O)[C@@H]2[C@H](C(=O)Nc3ccccc3)[C@@H]3CC(C)C2(S3)C1C(=O)NC(C)(C)CC(C)(C)C. The highest BCUT2D eigenvalue weighted by Gasteiger charge is 2.76. The van der Waals surface area contributed by atoms with Gasteiger partial charge in [0, 0.05) is 16.5 Å². The number of anilines is 1. The monoisotopic (exact) mass is 557 g/mol. The number of para-hydroxylation sites is 1. The van der Waals surface area contributed by atoms with E-state index in [-0.39, 0.29) is 46.8 Å². The Bertz CT molecular complexity index is 1090. The standard InChI is InChI=1S/C31H47N3O4S/c1-9-18(2)21(16-35)34-25(27(37)33-30(7,8)17-29(4,5)6)31-19(3)15-22(39-31)23(24(31)28(34)38)26(36)32-20-13-11-10-12-14-20/h10-14,18-19,21-25,35H,9,15-17H2,1-8H3,(H,32,36)(H,33,37)/t18-,19?,21-,22-,23+,24-,25?,31?/m0/s1. The molecule has 3 heterocycles. The van der Waals surface area contributed by atoms with Gasteiger partial charge in [-0.15, -0.1) is 11.8 Å². The normalized spacial score (nSPS) is 31.7. The number of nitrogens with one attached hydrogen (secondary N) is 2. The smallest absolute Gasteiger partial charge is 0.244 e. The summed E-state index contributed by atoms with van der Waals surface area (Å²) in [6.07, 6.45) is 2.31. The topological polar surface area (TPSA) is 98.7 Å². The lowest BCUT2D eigenvalue weighted by atomic mass is 9.65. The van der Waals surface area contributed by atoms with Gasteiger partial charge in [0.15, 0.2) is 0 Å². The molecule has 2 bridgehead atoms. The number of hydrogen-bond acceptors (Lipinski definition) is 5. The van der Waals surface area contributed by atoms with Gasteiger partial charge in [-0.3, -0.25) is 14.4 Å². The van der Waals surface area contributed by atoms with Gasteiger partial charge in [-0.2, -0.15) is 0 Å². The van der Waals surface area contributed by atoms with E-state index in [1.807, 2.05) is 58.0 Å². The van der Waals surface area contributed by atoms with E-state index in [1.54, 1.807) is 16.7 Å². The molecule has 4 rings (SSSR count). The van der Waals surface area contributed by atoms with Gasteiger partial charge in [-0.05, 0) is 56.1 Å². The number of nitrogens with zero attached hydrogens (tertiary/aromatic N) is 1. The van der Waals surface area contributed by atoms with E-state index in [4.69, 9.17) is 0 Å². The van der Waals surface area contributed by atoms with Crippen molar-refractivity contribution in [1.29, 1.82) is 0 Å². The van der Waals surface area contributed by atoms with Crippen LogP contribution in [0.4, 0.5) is 5.69 Å². The summed E-state index contributed by atoms with van der Waals surface area (Å²) in [7, 11) is 0. The van der Waals surface area contributed by atoms with Gasteiger partial charge in [-0.1, -0.05) is 66.2 Å². The Balaban J connectivity index is 1.76. The Morgan fingerprint density at radius 3 is 2.36 bits per heavy atom. The summed E-state index contributed by atoms with van der Waals surface area (Å²) in [5.41, 5.74) is 0.214. The highest BCUT2D eigenvalue weighted by Crippen LogP contribution is 2.69. The average molecular weight is 558 g/mol. The number of hydrogen-bond donors (Lipinski definition) is 3. The van der Waals surface area contributed by atoms with Crippen molar-refractivity contribution in [1.82, 2.24) is 10.2 Å². The Labute approximate surface area is 238 Å². The molecule has 0 saturated carbocycles. The summed E-state index contributed by atoms with van der Waals surface area (Å²) in [5.74, 6) is -1.57. The molecule has 8 heteroatoms. The van der Waals surface area contributed by atoms with Crippen molar-refractivity contribution < 1.29 is 19.5 Å². The zero-order valence-electron chi connectivity index (χ0n) is 24.8. The highest BCUT2D eigenvalue weighted by molar-refractivity contribution is 8.02. The maximum absolute atomic E-state index is 14.5. The van der Waals surface area contributed by atoms with E-state index in [0.29, 0.717) is 5.69 Å². The molecule has 1 spiro atoms. The van der Waals surface area contributed by atoms with Crippen LogP contribution in [0, 0.1) is 29.1 Å². The summed E-state index contributed by atoms with van der Waals surface area (Å²) in [6.45, 7) is 16.5. The molecule has 3 N–H and O–H groups in total. The summed E-state index contributed by atoms with van der Waals surface area (Å²) in [5, 5.41) is 16.9. The van der Waals surface area contributed by atoms with Crippen LogP contribution in [-0.2, 0) is 14.4 Å². The molecular weight excluding hydrogens is 510 g/mol. The molecule has 0 aromatic heterocycles. The molecule has 1 aromatic carbocycles.